The Morgan fingerprint density at radius 1 is 1.33 bits per heavy atom. The average molecular weight is 433 g/mol. The topological polar surface area (TPSA) is 69.8 Å². The second kappa shape index (κ2) is 10.7. The molecule has 0 saturated carbocycles. The van der Waals surface area contributed by atoms with E-state index in [1.807, 2.05) is 24.3 Å². The van der Waals surface area contributed by atoms with E-state index >= 15 is 0 Å². The number of H-pyrrole nitrogens is 1. The van der Waals surface area contributed by atoms with Crippen molar-refractivity contribution in [3.8, 4) is 5.75 Å². The van der Waals surface area contributed by atoms with E-state index in [1.54, 1.807) is 7.11 Å². The number of aromatic amines is 1. The first-order chi connectivity index (χ1) is 14.5. The van der Waals surface area contributed by atoms with Crippen LogP contribution in [0.1, 0.15) is 19.4 Å². The molecule has 0 bridgehead atoms. The minimum atomic E-state index is -0.0983. The molecule has 8 heteroatoms. The van der Waals surface area contributed by atoms with Crippen LogP contribution in [0.4, 0.5) is 0 Å². The Hall–Kier alpha value is -2.16. The molecule has 30 heavy (non-hydrogen) atoms. The van der Waals surface area contributed by atoms with Crippen LogP contribution in [0.25, 0.3) is 10.9 Å². The van der Waals surface area contributed by atoms with Crippen LogP contribution < -0.4 is 15.6 Å². The lowest BCUT2D eigenvalue weighted by molar-refractivity contribution is 0.0357. The van der Waals surface area contributed by atoms with Crippen LogP contribution in [0, 0.1) is 5.92 Å². The molecule has 1 aromatic heterocycles. The minimum absolute atomic E-state index is 0.0983. The Morgan fingerprint density at radius 2 is 2.10 bits per heavy atom. The van der Waals surface area contributed by atoms with E-state index in [4.69, 9.17) is 21.7 Å². The molecule has 0 aliphatic carbocycles. The molecule has 1 saturated heterocycles. The van der Waals surface area contributed by atoms with Crippen molar-refractivity contribution in [2.75, 3.05) is 53.0 Å². The lowest BCUT2D eigenvalue weighted by Crippen LogP contribution is -2.46. The summed E-state index contributed by atoms with van der Waals surface area (Å²) < 4.78 is 10.7. The van der Waals surface area contributed by atoms with Crippen molar-refractivity contribution < 1.29 is 9.47 Å². The van der Waals surface area contributed by atoms with Gasteiger partial charge in [0.05, 0.1) is 32.4 Å². The van der Waals surface area contributed by atoms with Crippen LogP contribution in [0.3, 0.4) is 0 Å². The van der Waals surface area contributed by atoms with Gasteiger partial charge in [-0.25, -0.2) is 0 Å². The molecule has 1 aliphatic rings. The molecular weight excluding hydrogens is 400 g/mol. The van der Waals surface area contributed by atoms with Gasteiger partial charge in [-0.05, 0) is 41.7 Å². The molecule has 2 heterocycles. The maximum absolute atomic E-state index is 12.7. The lowest BCUT2D eigenvalue weighted by atomic mass is 10.1. The fourth-order valence-electron chi connectivity index (χ4n) is 3.42. The highest BCUT2D eigenvalue weighted by atomic mass is 32.1. The number of fused-ring (bicyclic) bond motifs is 1. The number of benzene rings is 1. The Bertz CT molecular complexity index is 909. The Kier molecular flexibility index (Phi) is 8.07. The number of aromatic nitrogens is 1. The van der Waals surface area contributed by atoms with Crippen LogP contribution in [0.2, 0.25) is 0 Å². The number of ether oxygens (including phenoxy) is 2. The van der Waals surface area contributed by atoms with Gasteiger partial charge in [-0.1, -0.05) is 13.8 Å². The number of nitrogens with zero attached hydrogens (tertiary/aromatic N) is 2. The van der Waals surface area contributed by atoms with Gasteiger partial charge in [-0.3, -0.25) is 9.69 Å². The Labute approximate surface area is 183 Å². The van der Waals surface area contributed by atoms with Gasteiger partial charge in [0, 0.05) is 44.4 Å². The van der Waals surface area contributed by atoms with Gasteiger partial charge in [0.1, 0.15) is 5.75 Å². The van der Waals surface area contributed by atoms with Gasteiger partial charge in [-0.15, -0.1) is 0 Å². The molecule has 2 aromatic rings. The summed E-state index contributed by atoms with van der Waals surface area (Å²) in [6, 6.07) is 7.64. The Morgan fingerprint density at radius 3 is 2.80 bits per heavy atom. The average Bonchev–Trinajstić information content (AvgIpc) is 2.75. The zero-order valence-electron chi connectivity index (χ0n) is 18.1. The molecule has 0 atom stereocenters. The van der Waals surface area contributed by atoms with Gasteiger partial charge in [0.15, 0.2) is 5.11 Å². The standard InChI is InChI=1S/C22H32N4O3S/c1-16(2)14-23-22(30)26(7-6-25-8-10-29-11-9-25)15-18-12-17-4-5-19(28-3)13-20(17)24-21(18)27/h4-5,12-13,16H,6-11,14-15H2,1-3H3,(H,23,30)(H,24,27). The van der Waals surface area contributed by atoms with E-state index in [0.29, 0.717) is 23.1 Å². The largest absolute Gasteiger partial charge is 0.497 e. The van der Waals surface area contributed by atoms with Crippen molar-refractivity contribution in [2.45, 2.75) is 20.4 Å². The van der Waals surface area contributed by atoms with Crippen molar-refractivity contribution in [1.82, 2.24) is 20.1 Å². The Balaban J connectivity index is 1.77. The van der Waals surface area contributed by atoms with Gasteiger partial charge in [0.25, 0.3) is 5.56 Å². The summed E-state index contributed by atoms with van der Waals surface area (Å²) in [6.07, 6.45) is 0. The van der Waals surface area contributed by atoms with E-state index < -0.39 is 0 Å². The van der Waals surface area contributed by atoms with Gasteiger partial charge in [-0.2, -0.15) is 0 Å². The van der Waals surface area contributed by atoms with E-state index in [-0.39, 0.29) is 5.56 Å². The highest BCUT2D eigenvalue weighted by Gasteiger charge is 2.17. The third-order valence-corrected chi connectivity index (χ3v) is 5.63. The maximum Gasteiger partial charge on any atom is 0.253 e. The number of methoxy groups -OCH3 is 1. The van der Waals surface area contributed by atoms with E-state index in [9.17, 15) is 4.79 Å². The quantitative estimate of drug-likeness (QED) is 0.620. The number of hydrogen-bond acceptors (Lipinski definition) is 5. The number of rotatable bonds is 8. The van der Waals surface area contributed by atoms with Crippen LogP contribution >= 0.6 is 12.2 Å². The van der Waals surface area contributed by atoms with Gasteiger partial charge >= 0.3 is 0 Å². The zero-order valence-corrected chi connectivity index (χ0v) is 18.9. The number of nitrogens with one attached hydrogen (secondary N) is 2. The highest BCUT2D eigenvalue weighted by Crippen LogP contribution is 2.19. The molecule has 1 aliphatic heterocycles. The van der Waals surface area contributed by atoms with Crippen molar-refractivity contribution in [3.63, 3.8) is 0 Å². The minimum Gasteiger partial charge on any atom is -0.497 e. The molecule has 164 valence electrons. The number of thiocarbonyl (C=S) groups is 1. The van der Waals surface area contributed by atoms with Crippen LogP contribution in [0.5, 0.6) is 5.75 Å². The molecule has 1 fully saturated rings. The molecule has 0 amide bonds. The molecule has 1 aromatic carbocycles. The summed E-state index contributed by atoms with van der Waals surface area (Å²) in [6.45, 7) is 10.6. The zero-order chi connectivity index (χ0) is 21.5. The lowest BCUT2D eigenvalue weighted by Gasteiger charge is -2.31. The summed E-state index contributed by atoms with van der Waals surface area (Å²) >= 11 is 5.67. The monoisotopic (exact) mass is 432 g/mol. The van der Waals surface area contributed by atoms with Crippen molar-refractivity contribution in [2.24, 2.45) is 5.92 Å². The van der Waals surface area contributed by atoms with Crippen LogP contribution in [0.15, 0.2) is 29.1 Å². The first kappa shape index (κ1) is 22.5. The first-order valence-corrected chi connectivity index (χ1v) is 10.9. The molecule has 7 nitrogen and oxygen atoms in total. The van der Waals surface area contributed by atoms with Gasteiger partial charge in [0.2, 0.25) is 0 Å². The smallest absolute Gasteiger partial charge is 0.253 e. The van der Waals surface area contributed by atoms with E-state index in [1.165, 1.54) is 0 Å². The summed E-state index contributed by atoms with van der Waals surface area (Å²) in [7, 11) is 1.62. The number of hydrogen-bond donors (Lipinski definition) is 2. The van der Waals surface area contributed by atoms with Crippen molar-refractivity contribution in [1.29, 1.82) is 0 Å². The predicted octanol–water partition coefficient (Wildman–Crippen LogP) is 2.20. The number of morpholine rings is 1. The number of pyridine rings is 1. The van der Waals surface area contributed by atoms with Crippen molar-refractivity contribution >= 4 is 28.2 Å². The van der Waals surface area contributed by atoms with E-state index in [2.05, 4.69) is 33.9 Å². The highest BCUT2D eigenvalue weighted by molar-refractivity contribution is 7.80. The second-order valence-electron chi connectivity index (χ2n) is 8.03. The summed E-state index contributed by atoms with van der Waals surface area (Å²) in [5.41, 5.74) is 1.37. The predicted molar refractivity (Wildman–Crippen MR) is 124 cm³/mol. The molecule has 0 unspecified atom stereocenters. The molecule has 3 rings (SSSR count). The normalized spacial score (nSPS) is 14.8. The summed E-state index contributed by atoms with van der Waals surface area (Å²) in [4.78, 5) is 20.2. The molecule has 2 N–H and O–H groups in total. The third-order valence-electron chi connectivity index (χ3n) is 5.23. The first-order valence-electron chi connectivity index (χ1n) is 10.5. The summed E-state index contributed by atoms with van der Waals surface area (Å²) in [5.74, 6) is 1.21. The fourth-order valence-corrected chi connectivity index (χ4v) is 3.66. The summed E-state index contributed by atoms with van der Waals surface area (Å²) in [5, 5.41) is 5.01. The SMILES string of the molecule is COc1ccc2cc(CN(CCN3CCOCC3)C(=S)NCC(C)C)c(=O)[nH]c2c1. The van der Waals surface area contributed by atoms with Crippen molar-refractivity contribution in [3.05, 3.63) is 40.2 Å². The van der Waals surface area contributed by atoms with E-state index in [0.717, 1.165) is 62.6 Å². The van der Waals surface area contributed by atoms with Gasteiger partial charge < -0.3 is 24.7 Å². The second-order valence-corrected chi connectivity index (χ2v) is 8.42. The molecule has 0 radical (unpaired) electrons. The van der Waals surface area contributed by atoms with Crippen LogP contribution in [-0.2, 0) is 11.3 Å². The molecular formula is C22H32N4O3S. The third kappa shape index (κ3) is 6.17. The fraction of sp³-hybridized carbons (Fsp3) is 0.545. The molecule has 0 spiro atoms. The maximum atomic E-state index is 12.7. The van der Waals surface area contributed by atoms with Crippen LogP contribution in [-0.4, -0.2) is 72.9 Å².